The Balaban J connectivity index is 2.83. The molecule has 2 nitrogen and oxygen atoms in total. The molecular formula is C8H6BrClINO. The number of benzene rings is 1. The van der Waals surface area contributed by atoms with Crippen molar-refractivity contribution in [2.45, 2.75) is 0 Å². The van der Waals surface area contributed by atoms with Gasteiger partial charge in [-0.3, -0.25) is 4.79 Å². The van der Waals surface area contributed by atoms with Crippen molar-refractivity contribution >= 4 is 61.7 Å². The van der Waals surface area contributed by atoms with Gasteiger partial charge in [-0.2, -0.15) is 0 Å². The number of rotatable bonds is 2. The van der Waals surface area contributed by atoms with E-state index in [9.17, 15) is 4.79 Å². The SMILES string of the molecule is O=C(CBr)Nc1ccc(I)cc1Cl. The summed E-state index contributed by atoms with van der Waals surface area (Å²) >= 11 is 11.1. The fourth-order valence-corrected chi connectivity index (χ4v) is 1.82. The van der Waals surface area contributed by atoms with E-state index in [0.29, 0.717) is 10.7 Å². The van der Waals surface area contributed by atoms with Gasteiger partial charge in [0, 0.05) is 3.57 Å². The third kappa shape index (κ3) is 3.44. The van der Waals surface area contributed by atoms with Crippen LogP contribution in [0, 0.1) is 3.57 Å². The van der Waals surface area contributed by atoms with Gasteiger partial charge in [0.2, 0.25) is 5.91 Å². The van der Waals surface area contributed by atoms with Crippen molar-refractivity contribution in [3.8, 4) is 0 Å². The number of carbonyl (C=O) groups excluding carboxylic acids is 1. The molecule has 0 aromatic heterocycles. The maximum Gasteiger partial charge on any atom is 0.235 e. The second kappa shape index (κ2) is 5.17. The summed E-state index contributed by atoms with van der Waals surface area (Å²) in [6.07, 6.45) is 0. The molecule has 1 N–H and O–H groups in total. The van der Waals surface area contributed by atoms with Crippen LogP contribution in [-0.4, -0.2) is 11.2 Å². The molecule has 1 aromatic carbocycles. The molecule has 13 heavy (non-hydrogen) atoms. The highest BCUT2D eigenvalue weighted by molar-refractivity contribution is 14.1. The van der Waals surface area contributed by atoms with Crippen molar-refractivity contribution in [3.05, 3.63) is 26.8 Å². The average molecular weight is 374 g/mol. The predicted molar refractivity (Wildman–Crippen MR) is 66.6 cm³/mol. The van der Waals surface area contributed by atoms with Gasteiger partial charge in [0.05, 0.1) is 16.0 Å². The molecule has 0 aliphatic rings. The first-order valence-corrected chi connectivity index (χ1v) is 6.02. The van der Waals surface area contributed by atoms with Gasteiger partial charge in [0.1, 0.15) is 0 Å². The van der Waals surface area contributed by atoms with Crippen LogP contribution >= 0.6 is 50.1 Å². The molecular weight excluding hydrogens is 368 g/mol. The smallest absolute Gasteiger partial charge is 0.235 e. The Morgan fingerprint density at radius 1 is 1.62 bits per heavy atom. The van der Waals surface area contributed by atoms with E-state index in [-0.39, 0.29) is 11.2 Å². The molecule has 0 bridgehead atoms. The summed E-state index contributed by atoms with van der Waals surface area (Å²) in [5.41, 5.74) is 0.645. The Labute approximate surface area is 103 Å². The maximum absolute atomic E-state index is 11.0. The summed E-state index contributed by atoms with van der Waals surface area (Å²) < 4.78 is 1.04. The number of alkyl halides is 1. The topological polar surface area (TPSA) is 29.1 Å². The van der Waals surface area contributed by atoms with Crippen molar-refractivity contribution in [3.63, 3.8) is 0 Å². The first-order chi connectivity index (χ1) is 6.13. The molecule has 0 saturated heterocycles. The standard InChI is InChI=1S/C8H6BrClINO/c9-4-8(13)12-7-2-1-5(11)3-6(7)10/h1-3H,4H2,(H,12,13). The number of halogens is 3. The molecule has 1 rings (SSSR count). The van der Waals surface area contributed by atoms with E-state index in [1.54, 1.807) is 12.1 Å². The minimum atomic E-state index is -0.108. The van der Waals surface area contributed by atoms with E-state index >= 15 is 0 Å². The number of nitrogens with one attached hydrogen (secondary N) is 1. The van der Waals surface area contributed by atoms with Crippen LogP contribution in [0.15, 0.2) is 18.2 Å². The van der Waals surface area contributed by atoms with E-state index in [0.717, 1.165) is 3.57 Å². The third-order valence-corrected chi connectivity index (χ3v) is 2.82. The fourth-order valence-electron chi connectivity index (χ4n) is 0.774. The first-order valence-electron chi connectivity index (χ1n) is 3.44. The Bertz CT molecular complexity index is 332. The monoisotopic (exact) mass is 373 g/mol. The zero-order valence-corrected chi connectivity index (χ0v) is 11.0. The molecule has 1 aromatic rings. The number of anilines is 1. The first kappa shape index (κ1) is 11.3. The zero-order valence-electron chi connectivity index (χ0n) is 6.48. The number of hydrogen-bond acceptors (Lipinski definition) is 1. The van der Waals surface area contributed by atoms with Gasteiger partial charge in [-0.1, -0.05) is 27.5 Å². The Morgan fingerprint density at radius 3 is 2.85 bits per heavy atom. The average Bonchev–Trinajstić information content (AvgIpc) is 2.09. The summed E-state index contributed by atoms with van der Waals surface area (Å²) in [4.78, 5) is 11.0. The second-order valence-electron chi connectivity index (χ2n) is 2.31. The van der Waals surface area contributed by atoms with Gasteiger partial charge >= 0.3 is 0 Å². The molecule has 0 radical (unpaired) electrons. The van der Waals surface area contributed by atoms with E-state index in [2.05, 4.69) is 43.8 Å². The quantitative estimate of drug-likeness (QED) is 0.625. The van der Waals surface area contributed by atoms with Crippen LogP contribution < -0.4 is 5.32 Å². The molecule has 0 atom stereocenters. The van der Waals surface area contributed by atoms with Crippen molar-refractivity contribution in [1.82, 2.24) is 0 Å². The molecule has 0 unspecified atom stereocenters. The van der Waals surface area contributed by atoms with Crippen LogP contribution in [0.4, 0.5) is 5.69 Å². The Kier molecular flexibility index (Phi) is 4.48. The Hall–Kier alpha value is 0.190. The minimum absolute atomic E-state index is 0.108. The largest absolute Gasteiger partial charge is 0.324 e. The van der Waals surface area contributed by atoms with Crippen molar-refractivity contribution in [2.75, 3.05) is 10.6 Å². The molecule has 0 aliphatic carbocycles. The summed E-state index contributed by atoms with van der Waals surface area (Å²) in [6.45, 7) is 0. The lowest BCUT2D eigenvalue weighted by Crippen LogP contribution is -2.12. The predicted octanol–water partition coefficient (Wildman–Crippen LogP) is 3.28. The molecule has 70 valence electrons. The molecule has 0 fully saturated rings. The summed E-state index contributed by atoms with van der Waals surface area (Å²) in [5, 5.41) is 3.50. The molecule has 0 saturated carbocycles. The second-order valence-corrected chi connectivity index (χ2v) is 4.52. The van der Waals surface area contributed by atoms with Crippen LogP contribution in [-0.2, 0) is 4.79 Å². The van der Waals surface area contributed by atoms with Gasteiger partial charge in [-0.15, -0.1) is 0 Å². The van der Waals surface area contributed by atoms with Crippen LogP contribution in [0.3, 0.4) is 0 Å². The Morgan fingerprint density at radius 2 is 2.31 bits per heavy atom. The van der Waals surface area contributed by atoms with E-state index in [1.807, 2.05) is 6.07 Å². The highest BCUT2D eigenvalue weighted by atomic mass is 127. The molecule has 1 amide bonds. The van der Waals surface area contributed by atoms with Gasteiger partial charge in [-0.25, -0.2) is 0 Å². The van der Waals surface area contributed by atoms with Crippen LogP contribution in [0.1, 0.15) is 0 Å². The molecule has 0 aliphatic heterocycles. The molecule has 0 spiro atoms. The summed E-state index contributed by atoms with van der Waals surface area (Å²) in [6, 6.07) is 5.47. The maximum atomic E-state index is 11.0. The zero-order chi connectivity index (χ0) is 9.84. The number of carbonyl (C=O) groups is 1. The molecule has 5 heteroatoms. The van der Waals surface area contributed by atoms with Crippen LogP contribution in [0.25, 0.3) is 0 Å². The summed E-state index contributed by atoms with van der Waals surface area (Å²) in [7, 11) is 0. The highest BCUT2D eigenvalue weighted by Gasteiger charge is 2.03. The van der Waals surface area contributed by atoms with Gasteiger partial charge in [0.15, 0.2) is 0 Å². The van der Waals surface area contributed by atoms with Gasteiger partial charge in [0.25, 0.3) is 0 Å². The van der Waals surface area contributed by atoms with Crippen molar-refractivity contribution in [2.24, 2.45) is 0 Å². The van der Waals surface area contributed by atoms with E-state index < -0.39 is 0 Å². The van der Waals surface area contributed by atoms with Crippen molar-refractivity contribution < 1.29 is 4.79 Å². The van der Waals surface area contributed by atoms with Gasteiger partial charge < -0.3 is 5.32 Å². The fraction of sp³-hybridized carbons (Fsp3) is 0.125. The normalized spacial score (nSPS) is 9.77. The summed E-state index contributed by atoms with van der Waals surface area (Å²) in [5.74, 6) is -0.108. The minimum Gasteiger partial charge on any atom is -0.324 e. The van der Waals surface area contributed by atoms with Crippen LogP contribution in [0.5, 0.6) is 0 Å². The number of amides is 1. The van der Waals surface area contributed by atoms with E-state index in [4.69, 9.17) is 11.6 Å². The van der Waals surface area contributed by atoms with Crippen LogP contribution in [0.2, 0.25) is 5.02 Å². The van der Waals surface area contributed by atoms with Gasteiger partial charge in [-0.05, 0) is 40.8 Å². The number of hydrogen-bond donors (Lipinski definition) is 1. The highest BCUT2D eigenvalue weighted by Crippen LogP contribution is 2.23. The third-order valence-electron chi connectivity index (χ3n) is 1.33. The lowest BCUT2D eigenvalue weighted by Gasteiger charge is -2.05. The van der Waals surface area contributed by atoms with E-state index in [1.165, 1.54) is 0 Å². The van der Waals surface area contributed by atoms with Crippen molar-refractivity contribution in [1.29, 1.82) is 0 Å². The lowest BCUT2D eigenvalue weighted by molar-refractivity contribution is -0.113. The molecule has 0 heterocycles. The lowest BCUT2D eigenvalue weighted by atomic mass is 10.3.